The maximum atomic E-state index is 8.25. The van der Waals surface area contributed by atoms with Gasteiger partial charge in [0.15, 0.2) is 0 Å². The normalized spacial score (nSPS) is 5.62. The fraction of sp³-hybridized carbons (Fsp3) is 1.00. The average molecular weight is 397 g/mol. The molecule has 0 rings (SSSR count). The van der Waals surface area contributed by atoms with Crippen molar-refractivity contribution in [3.63, 3.8) is 0 Å². The molecular weight excluding hydrogens is 391 g/mol. The van der Waals surface area contributed by atoms with Gasteiger partial charge >= 0.3 is 37.7 Å². The van der Waals surface area contributed by atoms with E-state index in [1.54, 1.807) is 6.92 Å². The Morgan fingerprint density at radius 2 is 0.812 bits per heavy atom. The molecule has 0 aliphatic carbocycles. The van der Waals surface area contributed by atoms with Gasteiger partial charge in [0.2, 0.25) is 0 Å². The van der Waals surface area contributed by atoms with Gasteiger partial charge in [0.25, 0.3) is 0 Å². The molecule has 100 valence electrons. The molecular formula is C2H6HoN3O10. The molecule has 0 heterocycles. The summed E-state index contributed by atoms with van der Waals surface area (Å²) in [5.41, 5.74) is 0. The molecule has 0 aromatic heterocycles. The van der Waals surface area contributed by atoms with E-state index in [2.05, 4.69) is 0 Å². The SMILES string of the molecule is CCO.O=[N+]([O-])[O-].O=[N+]([O-])[O-].O=[N+]([O-])[O-].[Ho+3]. The van der Waals surface area contributed by atoms with Gasteiger partial charge in [-0.1, -0.05) is 0 Å². The van der Waals surface area contributed by atoms with Crippen molar-refractivity contribution in [1.29, 1.82) is 0 Å². The van der Waals surface area contributed by atoms with Crippen molar-refractivity contribution in [3.05, 3.63) is 46.0 Å². The number of rotatable bonds is 0. The Morgan fingerprint density at radius 3 is 0.812 bits per heavy atom. The van der Waals surface area contributed by atoms with E-state index in [4.69, 9.17) is 51.1 Å². The van der Waals surface area contributed by atoms with E-state index in [1.807, 2.05) is 0 Å². The first kappa shape index (κ1) is 29.4. The van der Waals surface area contributed by atoms with Crippen molar-refractivity contribution >= 4 is 0 Å². The van der Waals surface area contributed by atoms with Gasteiger partial charge in [0, 0.05) is 6.61 Å². The second kappa shape index (κ2) is 29.2. The zero-order valence-corrected chi connectivity index (χ0v) is 9.41. The third-order valence-corrected chi connectivity index (χ3v) is 0. The Labute approximate surface area is 117 Å². The second-order valence-corrected chi connectivity index (χ2v) is 0.987. The number of aliphatic hydroxyl groups excluding tert-OH is 1. The van der Waals surface area contributed by atoms with E-state index >= 15 is 0 Å². The van der Waals surface area contributed by atoms with E-state index in [0.717, 1.165) is 0 Å². The Hall–Kier alpha value is -1.18. The summed E-state index contributed by atoms with van der Waals surface area (Å²) in [6.07, 6.45) is 0. The first-order chi connectivity index (χ1) is 6.61. The molecule has 0 saturated heterocycles. The van der Waals surface area contributed by atoms with Crippen molar-refractivity contribution in [2.24, 2.45) is 0 Å². The van der Waals surface area contributed by atoms with Gasteiger partial charge in [-0.25, -0.2) is 0 Å². The zero-order valence-electron chi connectivity index (χ0n) is 7.47. The minimum absolute atomic E-state index is 0. The maximum absolute atomic E-state index is 8.25. The first-order valence-corrected chi connectivity index (χ1v) is 2.67. The van der Waals surface area contributed by atoms with Gasteiger partial charge in [0.05, 0.1) is 15.3 Å². The zero-order chi connectivity index (χ0) is 13.4. The fourth-order valence-electron chi connectivity index (χ4n) is 0. The van der Waals surface area contributed by atoms with Crippen molar-refractivity contribution < 1.29 is 58.1 Å². The molecule has 0 spiro atoms. The van der Waals surface area contributed by atoms with E-state index in [1.165, 1.54) is 0 Å². The Bertz CT molecular complexity index is 133. The Morgan fingerprint density at radius 1 is 0.812 bits per heavy atom. The summed E-state index contributed by atoms with van der Waals surface area (Å²) in [6.45, 7) is 1.93. The fourth-order valence-corrected chi connectivity index (χ4v) is 0. The molecule has 0 fully saturated rings. The third kappa shape index (κ3) is 1290. The molecule has 14 heteroatoms. The Balaban J connectivity index is -0.0000000331. The molecule has 0 saturated carbocycles. The second-order valence-electron chi connectivity index (χ2n) is 0.987. The largest absolute Gasteiger partial charge is 3.00 e. The monoisotopic (exact) mass is 397 g/mol. The van der Waals surface area contributed by atoms with Crippen LogP contribution in [0.2, 0.25) is 0 Å². The molecule has 0 radical (unpaired) electrons. The van der Waals surface area contributed by atoms with Crippen LogP contribution in [0.5, 0.6) is 0 Å². The minimum Gasteiger partial charge on any atom is -0.397 e. The molecule has 0 amide bonds. The maximum Gasteiger partial charge on any atom is 3.00 e. The van der Waals surface area contributed by atoms with Gasteiger partial charge in [0.1, 0.15) is 0 Å². The van der Waals surface area contributed by atoms with Crippen LogP contribution in [-0.4, -0.2) is 27.0 Å². The number of nitrogens with zero attached hydrogens (tertiary/aromatic N) is 3. The third-order valence-electron chi connectivity index (χ3n) is 0. The summed E-state index contributed by atoms with van der Waals surface area (Å²) in [4.78, 5) is 24.8. The number of aliphatic hydroxyl groups is 1. The standard InChI is InChI=1S/C2H6O.Ho.3NO3/c1-2-3;;3*2-1(3)4/h3H,2H2,1H3;;;;/q;+3;3*-1. The van der Waals surface area contributed by atoms with Crippen LogP contribution in [0, 0.1) is 83.7 Å². The van der Waals surface area contributed by atoms with Crippen LogP contribution in [0.1, 0.15) is 6.92 Å². The molecule has 0 aliphatic rings. The van der Waals surface area contributed by atoms with Crippen LogP contribution in [0.4, 0.5) is 0 Å². The topological polar surface area (TPSA) is 219 Å². The van der Waals surface area contributed by atoms with Crippen LogP contribution < -0.4 is 0 Å². The summed E-state index contributed by atoms with van der Waals surface area (Å²) >= 11 is 0. The summed E-state index contributed by atoms with van der Waals surface area (Å²) in [5.74, 6) is 0. The van der Waals surface area contributed by atoms with E-state index in [-0.39, 0.29) is 44.3 Å². The number of hydrogen-bond donors (Lipinski definition) is 1. The van der Waals surface area contributed by atoms with Crippen LogP contribution in [0.3, 0.4) is 0 Å². The summed E-state index contributed by atoms with van der Waals surface area (Å²) in [5, 5.41) is 51.8. The van der Waals surface area contributed by atoms with Gasteiger partial charge < -0.3 is 51.1 Å². The van der Waals surface area contributed by atoms with Crippen molar-refractivity contribution in [3.8, 4) is 0 Å². The predicted octanol–water partition coefficient (Wildman–Crippen LogP) is -0.719. The molecule has 0 unspecified atom stereocenters. The average Bonchev–Trinajstić information content (AvgIpc) is 1.81. The quantitative estimate of drug-likeness (QED) is 0.307. The summed E-state index contributed by atoms with van der Waals surface area (Å²) in [7, 11) is 0. The molecule has 0 atom stereocenters. The van der Waals surface area contributed by atoms with Crippen LogP contribution in [-0.2, 0) is 0 Å². The molecule has 0 aliphatic heterocycles. The van der Waals surface area contributed by atoms with Gasteiger partial charge in [-0.05, 0) is 6.92 Å². The van der Waals surface area contributed by atoms with Crippen molar-refractivity contribution in [2.45, 2.75) is 6.92 Å². The van der Waals surface area contributed by atoms with Gasteiger partial charge in [-0.15, -0.1) is 0 Å². The van der Waals surface area contributed by atoms with E-state index < -0.39 is 15.3 Å². The minimum atomic E-state index is -1.75. The van der Waals surface area contributed by atoms with Crippen LogP contribution in [0.25, 0.3) is 0 Å². The molecule has 0 aromatic carbocycles. The molecule has 0 bridgehead atoms. The summed E-state index contributed by atoms with van der Waals surface area (Å²) < 4.78 is 0. The number of hydrogen-bond acceptors (Lipinski definition) is 10. The smallest absolute Gasteiger partial charge is 0.397 e. The molecule has 16 heavy (non-hydrogen) atoms. The van der Waals surface area contributed by atoms with E-state index in [0.29, 0.717) is 0 Å². The van der Waals surface area contributed by atoms with E-state index in [9.17, 15) is 0 Å². The van der Waals surface area contributed by atoms with Crippen LogP contribution >= 0.6 is 0 Å². The van der Waals surface area contributed by atoms with Crippen molar-refractivity contribution in [1.82, 2.24) is 0 Å². The van der Waals surface area contributed by atoms with Crippen molar-refractivity contribution in [2.75, 3.05) is 6.61 Å². The van der Waals surface area contributed by atoms with Gasteiger partial charge in [-0.2, -0.15) is 0 Å². The Kier molecular flexibility index (Phi) is 53.6. The van der Waals surface area contributed by atoms with Crippen LogP contribution in [0.15, 0.2) is 0 Å². The van der Waals surface area contributed by atoms with Gasteiger partial charge in [-0.3, -0.25) is 0 Å². The molecule has 0 aromatic rings. The summed E-state index contributed by atoms with van der Waals surface area (Å²) in [6, 6.07) is 0. The first-order valence-electron chi connectivity index (χ1n) is 2.67. The molecule has 13 nitrogen and oxygen atoms in total. The molecule has 1 N–H and O–H groups in total. The predicted molar refractivity (Wildman–Crippen MR) is 43.8 cm³/mol.